The summed E-state index contributed by atoms with van der Waals surface area (Å²) in [6.45, 7) is 0.740. The van der Waals surface area contributed by atoms with Crippen LogP contribution in [0.15, 0.2) is 48.7 Å². The molecule has 3 N–H and O–H groups in total. The highest BCUT2D eigenvalue weighted by Gasteiger charge is 2.47. The van der Waals surface area contributed by atoms with E-state index in [1.165, 1.54) is 10.9 Å². The number of rotatable bonds is 6. The lowest BCUT2D eigenvalue weighted by molar-refractivity contribution is -0.125. The van der Waals surface area contributed by atoms with E-state index in [2.05, 4.69) is 21.7 Å². The number of hydrogen-bond donors (Lipinski definition) is 3. The largest absolute Gasteiger partial charge is 0.454 e. The van der Waals surface area contributed by atoms with E-state index in [-0.39, 0.29) is 30.4 Å². The number of aromatic amines is 1. The van der Waals surface area contributed by atoms with Crippen molar-refractivity contribution in [3.8, 4) is 11.5 Å². The molecule has 1 aliphatic carbocycles. The van der Waals surface area contributed by atoms with Crippen LogP contribution >= 0.6 is 0 Å². The molecule has 0 radical (unpaired) electrons. The Hall–Kier alpha value is -3.48. The van der Waals surface area contributed by atoms with E-state index >= 15 is 0 Å². The summed E-state index contributed by atoms with van der Waals surface area (Å²) in [6, 6.07) is 13.4. The van der Waals surface area contributed by atoms with Gasteiger partial charge in [0.2, 0.25) is 18.6 Å². The molecule has 2 heterocycles. The molecule has 2 aromatic carbocycles. The van der Waals surface area contributed by atoms with Gasteiger partial charge in [-0.25, -0.2) is 0 Å². The predicted molar refractivity (Wildman–Crippen MR) is 108 cm³/mol. The van der Waals surface area contributed by atoms with Crippen molar-refractivity contribution in [2.75, 3.05) is 18.7 Å². The van der Waals surface area contributed by atoms with Crippen molar-refractivity contribution in [1.82, 2.24) is 10.3 Å². The number of benzene rings is 2. The van der Waals surface area contributed by atoms with Gasteiger partial charge in [-0.1, -0.05) is 18.2 Å². The zero-order valence-electron chi connectivity index (χ0n) is 15.7. The van der Waals surface area contributed by atoms with E-state index in [9.17, 15) is 9.59 Å². The van der Waals surface area contributed by atoms with Crippen molar-refractivity contribution >= 4 is 28.4 Å². The summed E-state index contributed by atoms with van der Waals surface area (Å²) in [5.41, 5.74) is 2.91. The lowest BCUT2D eigenvalue weighted by Crippen LogP contribution is -2.29. The molecule has 1 fully saturated rings. The van der Waals surface area contributed by atoms with Crippen LogP contribution in [0.5, 0.6) is 11.5 Å². The molecule has 0 spiro atoms. The maximum Gasteiger partial charge on any atom is 0.231 e. The van der Waals surface area contributed by atoms with E-state index in [0.29, 0.717) is 30.2 Å². The number of carbonyl (C=O) groups is 2. The Bertz CT molecular complexity index is 1090. The van der Waals surface area contributed by atoms with Crippen LogP contribution in [0.2, 0.25) is 0 Å². The standard InChI is InChI=1S/C22H21N3O4/c26-21(23-8-7-13-11-24-18-4-2-1-3-15(13)18)16-10-17(16)22(27)25-14-5-6-19-20(9-14)29-12-28-19/h1-6,9,11,16-17,24H,7-8,10,12H2,(H,23,26)(H,25,27). The maximum atomic E-state index is 12.4. The van der Waals surface area contributed by atoms with E-state index in [1.54, 1.807) is 18.2 Å². The van der Waals surface area contributed by atoms with Gasteiger partial charge in [0.05, 0.1) is 11.8 Å². The Kier molecular flexibility index (Phi) is 4.35. The van der Waals surface area contributed by atoms with Crippen molar-refractivity contribution in [3.05, 3.63) is 54.2 Å². The molecule has 148 valence electrons. The first-order valence-corrected chi connectivity index (χ1v) is 9.72. The first-order chi connectivity index (χ1) is 14.2. The number of H-pyrrole nitrogens is 1. The van der Waals surface area contributed by atoms with Gasteiger partial charge < -0.3 is 25.1 Å². The van der Waals surface area contributed by atoms with Crippen LogP contribution < -0.4 is 20.1 Å². The topological polar surface area (TPSA) is 92.5 Å². The molecule has 2 aliphatic rings. The lowest BCUT2D eigenvalue weighted by atomic mass is 10.1. The number of aromatic nitrogens is 1. The molecule has 0 bridgehead atoms. The summed E-state index contributed by atoms with van der Waals surface area (Å²) in [5.74, 6) is 0.545. The number of amides is 2. The Morgan fingerprint density at radius 3 is 2.79 bits per heavy atom. The third-order valence-electron chi connectivity index (χ3n) is 5.47. The fourth-order valence-electron chi connectivity index (χ4n) is 3.77. The summed E-state index contributed by atoms with van der Waals surface area (Å²) in [6.07, 6.45) is 3.31. The number of hydrogen-bond acceptors (Lipinski definition) is 4. The predicted octanol–water partition coefficient (Wildman–Crippen LogP) is 2.83. The van der Waals surface area contributed by atoms with Crippen molar-refractivity contribution in [2.24, 2.45) is 11.8 Å². The molecule has 1 aromatic heterocycles. The van der Waals surface area contributed by atoms with Crippen molar-refractivity contribution in [2.45, 2.75) is 12.8 Å². The van der Waals surface area contributed by atoms with Crippen molar-refractivity contribution < 1.29 is 19.1 Å². The Labute approximate surface area is 167 Å². The highest BCUT2D eigenvalue weighted by molar-refractivity contribution is 5.99. The van der Waals surface area contributed by atoms with Crippen LogP contribution in [0.25, 0.3) is 10.9 Å². The van der Waals surface area contributed by atoms with Gasteiger partial charge in [-0.3, -0.25) is 9.59 Å². The Morgan fingerprint density at radius 1 is 1.03 bits per heavy atom. The van der Waals surface area contributed by atoms with Crippen LogP contribution in [0, 0.1) is 11.8 Å². The second kappa shape index (κ2) is 7.16. The SMILES string of the molecule is O=C(NCCc1c[nH]c2ccccc12)C1CC1C(=O)Nc1ccc2c(c1)OCO2. The van der Waals surface area contributed by atoms with Crippen LogP contribution in [-0.2, 0) is 16.0 Å². The zero-order chi connectivity index (χ0) is 19.8. The second-order valence-corrected chi connectivity index (χ2v) is 7.41. The normalized spacial score (nSPS) is 19.2. The van der Waals surface area contributed by atoms with E-state index < -0.39 is 0 Å². The molecule has 7 heteroatoms. The monoisotopic (exact) mass is 391 g/mol. The molecular formula is C22H21N3O4. The van der Waals surface area contributed by atoms with Gasteiger partial charge in [-0.05, 0) is 36.6 Å². The smallest absolute Gasteiger partial charge is 0.231 e. The Morgan fingerprint density at radius 2 is 1.86 bits per heavy atom. The molecule has 0 saturated heterocycles. The van der Waals surface area contributed by atoms with Gasteiger partial charge in [0, 0.05) is 35.4 Å². The summed E-state index contributed by atoms with van der Waals surface area (Å²) in [5, 5.41) is 6.99. The molecule has 1 aliphatic heterocycles. The van der Waals surface area contributed by atoms with Gasteiger partial charge in [0.15, 0.2) is 11.5 Å². The van der Waals surface area contributed by atoms with Crippen LogP contribution in [-0.4, -0.2) is 30.1 Å². The first kappa shape index (κ1) is 17.6. The molecule has 5 rings (SSSR count). The van der Waals surface area contributed by atoms with Gasteiger partial charge in [-0.2, -0.15) is 0 Å². The fourth-order valence-corrected chi connectivity index (χ4v) is 3.77. The minimum absolute atomic E-state index is 0.0596. The van der Waals surface area contributed by atoms with E-state index in [1.807, 2.05) is 24.4 Å². The number of fused-ring (bicyclic) bond motifs is 2. The van der Waals surface area contributed by atoms with Crippen molar-refractivity contribution in [3.63, 3.8) is 0 Å². The number of nitrogens with one attached hydrogen (secondary N) is 3. The summed E-state index contributed by atoms with van der Waals surface area (Å²) in [4.78, 5) is 28.1. The van der Waals surface area contributed by atoms with Crippen molar-refractivity contribution in [1.29, 1.82) is 0 Å². The molecule has 3 aromatic rings. The average Bonchev–Trinajstić information content (AvgIpc) is 3.23. The summed E-state index contributed by atoms with van der Waals surface area (Å²) in [7, 11) is 0. The fraction of sp³-hybridized carbons (Fsp3) is 0.273. The van der Waals surface area contributed by atoms with Gasteiger partial charge in [0.25, 0.3) is 0 Å². The summed E-state index contributed by atoms with van der Waals surface area (Å²) < 4.78 is 10.6. The molecule has 2 atom stereocenters. The molecule has 2 amide bonds. The van der Waals surface area contributed by atoms with Crippen LogP contribution in [0.3, 0.4) is 0 Å². The quantitative estimate of drug-likeness (QED) is 0.602. The molecule has 29 heavy (non-hydrogen) atoms. The van der Waals surface area contributed by atoms with E-state index in [0.717, 1.165) is 11.9 Å². The molecule has 7 nitrogen and oxygen atoms in total. The zero-order valence-corrected chi connectivity index (χ0v) is 15.7. The Balaban J connectivity index is 1.11. The number of carbonyl (C=O) groups excluding carboxylic acids is 2. The number of para-hydroxylation sites is 1. The first-order valence-electron chi connectivity index (χ1n) is 9.72. The highest BCUT2D eigenvalue weighted by atomic mass is 16.7. The number of ether oxygens (including phenoxy) is 2. The highest BCUT2D eigenvalue weighted by Crippen LogP contribution is 2.40. The van der Waals surface area contributed by atoms with Crippen LogP contribution in [0.1, 0.15) is 12.0 Å². The third kappa shape index (κ3) is 3.51. The van der Waals surface area contributed by atoms with Crippen LogP contribution in [0.4, 0.5) is 5.69 Å². The third-order valence-corrected chi connectivity index (χ3v) is 5.47. The van der Waals surface area contributed by atoms with E-state index in [4.69, 9.17) is 9.47 Å². The minimum atomic E-state index is -0.284. The summed E-state index contributed by atoms with van der Waals surface area (Å²) >= 11 is 0. The second-order valence-electron chi connectivity index (χ2n) is 7.41. The molecular weight excluding hydrogens is 370 g/mol. The van der Waals surface area contributed by atoms with Gasteiger partial charge >= 0.3 is 0 Å². The molecule has 1 saturated carbocycles. The minimum Gasteiger partial charge on any atom is -0.454 e. The maximum absolute atomic E-state index is 12.4. The van der Waals surface area contributed by atoms with Gasteiger partial charge in [0.1, 0.15) is 0 Å². The average molecular weight is 391 g/mol. The number of anilines is 1. The van der Waals surface area contributed by atoms with Gasteiger partial charge in [-0.15, -0.1) is 0 Å². The lowest BCUT2D eigenvalue weighted by Gasteiger charge is -2.07. The molecule has 2 unspecified atom stereocenters.